The first kappa shape index (κ1) is 17.1. The van der Waals surface area contributed by atoms with Gasteiger partial charge in [-0.05, 0) is 30.3 Å². The van der Waals surface area contributed by atoms with Crippen LogP contribution in [-0.4, -0.2) is 33.2 Å². The predicted molar refractivity (Wildman–Crippen MR) is 95.5 cm³/mol. The molecule has 0 spiro atoms. The third-order valence-electron chi connectivity index (χ3n) is 3.29. The van der Waals surface area contributed by atoms with E-state index in [-0.39, 0.29) is 11.6 Å². The fourth-order valence-electron chi connectivity index (χ4n) is 2.15. The number of pyridine rings is 1. The molecule has 0 saturated carbocycles. The first-order valence-corrected chi connectivity index (χ1v) is 7.90. The number of anilines is 3. The first-order chi connectivity index (χ1) is 12.2. The lowest BCUT2D eigenvalue weighted by molar-refractivity contribution is 0.311. The van der Waals surface area contributed by atoms with E-state index in [1.807, 2.05) is 12.1 Å². The number of aromatic nitrogens is 3. The molecule has 0 aliphatic rings. The van der Waals surface area contributed by atoms with Crippen molar-refractivity contribution >= 4 is 29.1 Å². The quantitative estimate of drug-likeness (QED) is 0.625. The Labute approximate surface area is 148 Å². The summed E-state index contributed by atoms with van der Waals surface area (Å²) in [5.41, 5.74) is 2.14. The number of aliphatic hydroxyl groups is 1. The SMILES string of the molecule is OCCNc1nc(Nc2ccc(F)c(Cl)c2)cc(-c2ccncc2)n1. The molecule has 1 aromatic carbocycles. The van der Waals surface area contributed by atoms with Gasteiger partial charge in [-0.2, -0.15) is 4.98 Å². The van der Waals surface area contributed by atoms with Crippen molar-refractivity contribution < 1.29 is 9.50 Å². The van der Waals surface area contributed by atoms with Gasteiger partial charge in [-0.1, -0.05) is 11.6 Å². The summed E-state index contributed by atoms with van der Waals surface area (Å²) in [6, 6.07) is 9.74. The lowest BCUT2D eigenvalue weighted by atomic mass is 10.2. The third-order valence-corrected chi connectivity index (χ3v) is 3.58. The molecule has 25 heavy (non-hydrogen) atoms. The van der Waals surface area contributed by atoms with Gasteiger partial charge in [-0.3, -0.25) is 4.98 Å². The summed E-state index contributed by atoms with van der Waals surface area (Å²) in [5.74, 6) is 0.377. The zero-order valence-corrected chi connectivity index (χ0v) is 13.8. The van der Waals surface area contributed by atoms with E-state index in [2.05, 4.69) is 25.6 Å². The number of benzene rings is 1. The molecule has 0 fully saturated rings. The molecule has 3 aromatic rings. The van der Waals surface area contributed by atoms with Gasteiger partial charge in [0.25, 0.3) is 0 Å². The summed E-state index contributed by atoms with van der Waals surface area (Å²) >= 11 is 5.81. The number of hydrogen-bond acceptors (Lipinski definition) is 6. The van der Waals surface area contributed by atoms with Gasteiger partial charge in [0.1, 0.15) is 11.6 Å². The lowest BCUT2D eigenvalue weighted by Gasteiger charge is -2.11. The summed E-state index contributed by atoms with van der Waals surface area (Å²) in [6.07, 6.45) is 3.34. The van der Waals surface area contributed by atoms with Crippen molar-refractivity contribution in [3.05, 3.63) is 59.6 Å². The average Bonchev–Trinajstić information content (AvgIpc) is 2.63. The Morgan fingerprint density at radius 1 is 1.08 bits per heavy atom. The minimum absolute atomic E-state index is 0.0204. The average molecular weight is 360 g/mol. The van der Waals surface area contributed by atoms with Crippen molar-refractivity contribution in [1.29, 1.82) is 0 Å². The van der Waals surface area contributed by atoms with E-state index in [0.717, 1.165) is 5.56 Å². The van der Waals surface area contributed by atoms with Crippen LogP contribution in [-0.2, 0) is 0 Å². The molecule has 0 amide bonds. The van der Waals surface area contributed by atoms with Crippen LogP contribution < -0.4 is 10.6 Å². The molecule has 6 nitrogen and oxygen atoms in total. The van der Waals surface area contributed by atoms with E-state index in [4.69, 9.17) is 16.7 Å². The summed E-state index contributed by atoms with van der Waals surface area (Å²) < 4.78 is 13.3. The number of aliphatic hydroxyl groups excluding tert-OH is 1. The molecule has 0 aliphatic heterocycles. The molecule has 3 rings (SSSR count). The molecule has 128 valence electrons. The van der Waals surface area contributed by atoms with Crippen LogP contribution in [0.15, 0.2) is 48.8 Å². The van der Waals surface area contributed by atoms with Gasteiger partial charge >= 0.3 is 0 Å². The molecular formula is C17H15ClFN5O. The highest BCUT2D eigenvalue weighted by Gasteiger charge is 2.08. The van der Waals surface area contributed by atoms with E-state index >= 15 is 0 Å². The van der Waals surface area contributed by atoms with Crippen molar-refractivity contribution in [2.75, 3.05) is 23.8 Å². The molecule has 0 atom stereocenters. The minimum atomic E-state index is -0.488. The van der Waals surface area contributed by atoms with Gasteiger partial charge in [0, 0.05) is 36.3 Å². The zero-order valence-electron chi connectivity index (χ0n) is 13.1. The highest BCUT2D eigenvalue weighted by molar-refractivity contribution is 6.31. The van der Waals surface area contributed by atoms with Gasteiger partial charge in [0.2, 0.25) is 5.95 Å². The van der Waals surface area contributed by atoms with E-state index < -0.39 is 5.82 Å². The van der Waals surface area contributed by atoms with Crippen LogP contribution in [0, 0.1) is 5.82 Å². The second-order valence-electron chi connectivity index (χ2n) is 5.10. The smallest absolute Gasteiger partial charge is 0.225 e. The van der Waals surface area contributed by atoms with E-state index in [1.54, 1.807) is 24.5 Å². The molecule has 2 heterocycles. The molecule has 0 aliphatic carbocycles. The number of rotatable bonds is 6. The Bertz CT molecular complexity index is 863. The van der Waals surface area contributed by atoms with Gasteiger partial charge in [-0.25, -0.2) is 9.37 Å². The fourth-order valence-corrected chi connectivity index (χ4v) is 2.33. The first-order valence-electron chi connectivity index (χ1n) is 7.52. The molecule has 0 saturated heterocycles. The summed E-state index contributed by atoms with van der Waals surface area (Å²) in [4.78, 5) is 12.8. The largest absolute Gasteiger partial charge is 0.395 e. The van der Waals surface area contributed by atoms with Crippen LogP contribution in [0.3, 0.4) is 0 Å². The fraction of sp³-hybridized carbons (Fsp3) is 0.118. The number of nitrogens with zero attached hydrogens (tertiary/aromatic N) is 3. The Morgan fingerprint density at radius 2 is 1.88 bits per heavy atom. The maximum Gasteiger partial charge on any atom is 0.225 e. The van der Waals surface area contributed by atoms with E-state index in [0.29, 0.717) is 29.7 Å². The Balaban J connectivity index is 1.95. The monoisotopic (exact) mass is 359 g/mol. The molecule has 0 unspecified atom stereocenters. The highest BCUT2D eigenvalue weighted by atomic mass is 35.5. The maximum atomic E-state index is 13.3. The van der Waals surface area contributed by atoms with Crippen LogP contribution in [0.25, 0.3) is 11.3 Å². The van der Waals surface area contributed by atoms with Crippen LogP contribution in [0.4, 0.5) is 21.8 Å². The topological polar surface area (TPSA) is 83.0 Å². The van der Waals surface area contributed by atoms with E-state index in [1.165, 1.54) is 12.1 Å². The molecule has 3 N–H and O–H groups in total. The molecule has 0 radical (unpaired) electrons. The Kier molecular flexibility index (Phi) is 5.37. The van der Waals surface area contributed by atoms with Crippen molar-refractivity contribution in [1.82, 2.24) is 15.0 Å². The molecule has 2 aromatic heterocycles. The Morgan fingerprint density at radius 3 is 2.60 bits per heavy atom. The van der Waals surface area contributed by atoms with Gasteiger partial charge in [0.05, 0.1) is 17.3 Å². The maximum absolute atomic E-state index is 13.3. The second-order valence-corrected chi connectivity index (χ2v) is 5.51. The lowest BCUT2D eigenvalue weighted by Crippen LogP contribution is -2.10. The number of nitrogens with one attached hydrogen (secondary N) is 2. The molecular weight excluding hydrogens is 345 g/mol. The van der Waals surface area contributed by atoms with Gasteiger partial charge in [0.15, 0.2) is 0 Å². The standard InChI is InChI=1S/C17H15ClFN5O/c18-13-9-12(1-2-14(13)19)22-16-10-15(11-3-5-20-6-4-11)23-17(24-16)21-7-8-25/h1-6,9-10,25H,7-8H2,(H2,21,22,23,24). The number of hydrogen-bond donors (Lipinski definition) is 3. The number of halogens is 2. The van der Waals surface area contributed by atoms with Gasteiger partial charge < -0.3 is 15.7 Å². The Hall–Kier alpha value is -2.77. The highest BCUT2D eigenvalue weighted by Crippen LogP contribution is 2.25. The predicted octanol–water partition coefficient (Wildman–Crippen LogP) is 3.48. The van der Waals surface area contributed by atoms with Crippen LogP contribution in [0.5, 0.6) is 0 Å². The van der Waals surface area contributed by atoms with Gasteiger partial charge in [-0.15, -0.1) is 0 Å². The molecule has 0 bridgehead atoms. The normalized spacial score (nSPS) is 10.5. The van der Waals surface area contributed by atoms with Crippen molar-refractivity contribution in [2.45, 2.75) is 0 Å². The van der Waals surface area contributed by atoms with Crippen LogP contribution >= 0.6 is 11.6 Å². The minimum Gasteiger partial charge on any atom is -0.395 e. The summed E-state index contributed by atoms with van der Waals surface area (Å²) in [5, 5.41) is 15.0. The third kappa shape index (κ3) is 4.40. The van der Waals surface area contributed by atoms with Crippen molar-refractivity contribution in [2.24, 2.45) is 0 Å². The van der Waals surface area contributed by atoms with Crippen LogP contribution in [0.2, 0.25) is 5.02 Å². The van der Waals surface area contributed by atoms with E-state index in [9.17, 15) is 4.39 Å². The molecule has 8 heteroatoms. The van der Waals surface area contributed by atoms with Crippen LogP contribution in [0.1, 0.15) is 0 Å². The van der Waals surface area contributed by atoms with Crippen molar-refractivity contribution in [3.8, 4) is 11.3 Å². The summed E-state index contributed by atoms with van der Waals surface area (Å²) in [7, 11) is 0. The zero-order chi connectivity index (χ0) is 17.6. The van der Waals surface area contributed by atoms with Crippen molar-refractivity contribution in [3.63, 3.8) is 0 Å². The second kappa shape index (κ2) is 7.87. The summed E-state index contributed by atoms with van der Waals surface area (Å²) in [6.45, 7) is 0.279.